The number of carbonyl (C=O) groups excluding carboxylic acids is 2. The van der Waals surface area contributed by atoms with Crippen LogP contribution in [0.3, 0.4) is 0 Å². The molecule has 2 N–H and O–H groups in total. The summed E-state index contributed by atoms with van der Waals surface area (Å²) in [6, 6.07) is 14.4. The van der Waals surface area contributed by atoms with Crippen molar-refractivity contribution in [3.63, 3.8) is 0 Å². The van der Waals surface area contributed by atoms with Gasteiger partial charge in [-0.25, -0.2) is 9.87 Å². The van der Waals surface area contributed by atoms with Crippen molar-refractivity contribution in [2.45, 2.75) is 38.2 Å². The van der Waals surface area contributed by atoms with Gasteiger partial charge in [-0.3, -0.25) is 19.8 Å². The molecule has 1 amide bonds. The molecule has 2 aliphatic carbocycles. The maximum absolute atomic E-state index is 14.9. The Kier molecular flexibility index (Phi) is 5.69. The number of amides is 1. The minimum atomic E-state index is -1.11. The predicted octanol–water partition coefficient (Wildman–Crippen LogP) is 4.06. The number of nitrogens with one attached hydrogen (secondary N) is 1. The quantitative estimate of drug-likeness (QED) is 0.296. The molecule has 0 bridgehead atoms. The van der Waals surface area contributed by atoms with E-state index < -0.39 is 29.0 Å². The summed E-state index contributed by atoms with van der Waals surface area (Å²) in [4.78, 5) is 28.9. The molecule has 176 valence electrons. The first-order chi connectivity index (χ1) is 16.4. The summed E-state index contributed by atoms with van der Waals surface area (Å²) in [6.07, 6.45) is 2.62. The van der Waals surface area contributed by atoms with E-state index in [9.17, 15) is 14.0 Å². The lowest BCUT2D eigenvalue weighted by Crippen LogP contribution is -2.30. The summed E-state index contributed by atoms with van der Waals surface area (Å²) in [5, 5.41) is 9.89. The van der Waals surface area contributed by atoms with Crippen LogP contribution in [-0.4, -0.2) is 29.2 Å². The van der Waals surface area contributed by atoms with Gasteiger partial charge in [-0.1, -0.05) is 24.3 Å². The highest BCUT2D eigenvalue weighted by Gasteiger charge is 2.64. The normalized spacial score (nSPS) is 21.2. The first-order valence-electron chi connectivity index (χ1n) is 11.3. The lowest BCUT2D eigenvalue weighted by atomic mass is 9.93. The van der Waals surface area contributed by atoms with Gasteiger partial charge in [0.05, 0.1) is 24.0 Å². The molecule has 0 radical (unpaired) electrons. The molecule has 3 aromatic rings. The zero-order chi connectivity index (χ0) is 23.9. The number of halogens is 1. The minimum Gasteiger partial charge on any atom is -0.486 e. The smallest absolute Gasteiger partial charge is 0.312 e. The highest BCUT2D eigenvalue weighted by molar-refractivity contribution is 5.93. The molecular formula is C26H25FN2O5. The number of hydroxylamine groups is 1. The van der Waals surface area contributed by atoms with Gasteiger partial charge in [-0.15, -0.1) is 0 Å². The number of carbonyl (C=O) groups is 2. The van der Waals surface area contributed by atoms with Gasteiger partial charge in [0.1, 0.15) is 6.61 Å². The van der Waals surface area contributed by atoms with Crippen LogP contribution in [0, 0.1) is 17.2 Å². The van der Waals surface area contributed by atoms with Crippen molar-refractivity contribution < 1.29 is 28.7 Å². The molecule has 1 heterocycles. The molecule has 2 fully saturated rings. The Morgan fingerprint density at radius 1 is 1.21 bits per heavy atom. The van der Waals surface area contributed by atoms with Crippen LogP contribution in [0.1, 0.15) is 42.0 Å². The molecule has 2 aromatic carbocycles. The van der Waals surface area contributed by atoms with Crippen molar-refractivity contribution in [3.8, 4) is 5.75 Å². The van der Waals surface area contributed by atoms with Crippen molar-refractivity contribution in [2.75, 3.05) is 7.11 Å². The first-order valence-corrected chi connectivity index (χ1v) is 11.3. The lowest BCUT2D eigenvalue weighted by molar-refractivity contribution is -0.149. The van der Waals surface area contributed by atoms with Crippen LogP contribution in [0.5, 0.6) is 5.75 Å². The Morgan fingerprint density at radius 3 is 2.71 bits per heavy atom. The number of methoxy groups -OCH3 is 1. The first kappa shape index (κ1) is 22.3. The average Bonchev–Trinajstić information content (AvgIpc) is 3.78. The number of pyridine rings is 1. The third kappa shape index (κ3) is 4.09. The third-order valence-electron chi connectivity index (χ3n) is 6.81. The molecule has 5 rings (SSSR count). The number of benzene rings is 2. The lowest BCUT2D eigenvalue weighted by Gasteiger charge is -2.16. The Labute approximate surface area is 195 Å². The minimum absolute atomic E-state index is 0.102. The molecule has 34 heavy (non-hydrogen) atoms. The van der Waals surface area contributed by atoms with E-state index in [1.54, 1.807) is 11.5 Å². The van der Waals surface area contributed by atoms with E-state index in [1.165, 1.54) is 19.2 Å². The molecule has 0 spiro atoms. The summed E-state index contributed by atoms with van der Waals surface area (Å²) in [7, 11) is 1.24. The number of ether oxygens (including phenoxy) is 2. The van der Waals surface area contributed by atoms with Gasteiger partial charge in [0.2, 0.25) is 5.91 Å². The molecule has 2 aliphatic rings. The molecule has 1 aromatic heterocycles. The van der Waals surface area contributed by atoms with E-state index in [4.69, 9.17) is 19.7 Å². The molecule has 1 unspecified atom stereocenters. The van der Waals surface area contributed by atoms with Crippen LogP contribution in [0.4, 0.5) is 4.39 Å². The largest absolute Gasteiger partial charge is 0.486 e. The van der Waals surface area contributed by atoms with Crippen LogP contribution < -0.4 is 10.2 Å². The Morgan fingerprint density at radius 2 is 2.00 bits per heavy atom. The van der Waals surface area contributed by atoms with E-state index in [0.717, 1.165) is 35.0 Å². The van der Waals surface area contributed by atoms with Crippen LogP contribution in [-0.2, 0) is 27.4 Å². The van der Waals surface area contributed by atoms with Gasteiger partial charge in [0.15, 0.2) is 11.6 Å². The predicted molar refractivity (Wildman–Crippen MR) is 121 cm³/mol. The monoisotopic (exact) mass is 464 g/mol. The highest BCUT2D eigenvalue weighted by Crippen LogP contribution is 2.56. The molecule has 2 saturated carbocycles. The topological polar surface area (TPSA) is 97.8 Å². The van der Waals surface area contributed by atoms with Crippen molar-refractivity contribution in [3.05, 3.63) is 71.2 Å². The Bertz CT molecular complexity index is 1280. The molecule has 7 nitrogen and oxygen atoms in total. The summed E-state index contributed by atoms with van der Waals surface area (Å²) >= 11 is 0. The number of esters is 1. The van der Waals surface area contributed by atoms with Gasteiger partial charge in [0, 0.05) is 22.6 Å². The zero-order valence-electron chi connectivity index (χ0n) is 18.7. The molecule has 8 heteroatoms. The van der Waals surface area contributed by atoms with Gasteiger partial charge >= 0.3 is 5.97 Å². The zero-order valence-corrected chi connectivity index (χ0v) is 18.7. The molecule has 0 saturated heterocycles. The third-order valence-corrected chi connectivity index (χ3v) is 6.81. The number of fused-ring (bicyclic) bond motifs is 1. The maximum atomic E-state index is 14.9. The van der Waals surface area contributed by atoms with E-state index >= 15 is 0 Å². The number of hydrogen-bond donors (Lipinski definition) is 2. The summed E-state index contributed by atoms with van der Waals surface area (Å²) in [5.41, 5.74) is 3.92. The van der Waals surface area contributed by atoms with E-state index in [0.29, 0.717) is 11.5 Å². The second kappa shape index (κ2) is 8.68. The Balaban J connectivity index is 1.33. The average molecular weight is 464 g/mol. The van der Waals surface area contributed by atoms with Crippen molar-refractivity contribution >= 4 is 22.8 Å². The standard InChI is InChI=1S/C26H25FN2O5/c1-33-25(31)26(13-19(26)24(30)29-32)12-15-6-9-23(20(27)10-15)34-14-17-11-22(16-7-8-16)28-21-5-3-2-4-18(17)21/h2-6,9-11,16,19,32H,7-8,12-14H2,1H3,(H,29,30)/t19?,26-/m0/s1. The number of aromatic nitrogens is 1. The molecule has 2 atom stereocenters. The van der Waals surface area contributed by atoms with Crippen molar-refractivity contribution in [1.82, 2.24) is 10.5 Å². The highest BCUT2D eigenvalue weighted by atomic mass is 19.1. The van der Waals surface area contributed by atoms with E-state index in [-0.39, 0.29) is 25.2 Å². The summed E-state index contributed by atoms with van der Waals surface area (Å²) < 4.78 is 25.6. The number of para-hydroxylation sites is 1. The fourth-order valence-corrected chi connectivity index (χ4v) is 4.69. The second-order valence-corrected chi connectivity index (χ2v) is 9.11. The number of rotatable bonds is 8. The molecule has 0 aliphatic heterocycles. The van der Waals surface area contributed by atoms with Gasteiger partial charge in [0.25, 0.3) is 0 Å². The van der Waals surface area contributed by atoms with Crippen molar-refractivity contribution in [1.29, 1.82) is 0 Å². The summed E-state index contributed by atoms with van der Waals surface area (Å²) in [5.74, 6) is -1.89. The van der Waals surface area contributed by atoms with E-state index in [2.05, 4.69) is 0 Å². The fraction of sp³-hybridized carbons (Fsp3) is 0.346. The van der Waals surface area contributed by atoms with Gasteiger partial charge in [-0.2, -0.15) is 0 Å². The maximum Gasteiger partial charge on any atom is 0.312 e. The van der Waals surface area contributed by atoms with Crippen LogP contribution in [0.2, 0.25) is 0 Å². The Hall–Kier alpha value is -3.52. The number of nitrogens with zero attached hydrogens (tertiary/aromatic N) is 1. The van der Waals surface area contributed by atoms with Crippen LogP contribution in [0.25, 0.3) is 10.9 Å². The van der Waals surface area contributed by atoms with Gasteiger partial charge < -0.3 is 9.47 Å². The van der Waals surface area contributed by atoms with Gasteiger partial charge in [-0.05, 0) is 55.5 Å². The SMILES string of the molecule is COC(=O)[C@@]1(Cc2ccc(OCc3cc(C4CC4)nc4ccccc34)c(F)c2)CC1C(=O)NO. The van der Waals surface area contributed by atoms with Crippen LogP contribution >= 0.6 is 0 Å². The van der Waals surface area contributed by atoms with Crippen molar-refractivity contribution in [2.24, 2.45) is 11.3 Å². The molecular weight excluding hydrogens is 439 g/mol. The fourth-order valence-electron chi connectivity index (χ4n) is 4.69. The second-order valence-electron chi connectivity index (χ2n) is 9.11. The van der Waals surface area contributed by atoms with E-state index in [1.807, 2.05) is 30.3 Å². The number of hydrogen-bond acceptors (Lipinski definition) is 6. The van der Waals surface area contributed by atoms with Crippen LogP contribution in [0.15, 0.2) is 48.5 Å². The summed E-state index contributed by atoms with van der Waals surface area (Å²) in [6.45, 7) is 0.198.